The SMILES string of the molecule is CC(=NNC(=O)c1ccc(F)cc1)c1ccc(-n2ccnc2)cc1. The second kappa shape index (κ2) is 6.87. The smallest absolute Gasteiger partial charge is 0.271 e. The highest BCUT2D eigenvalue weighted by atomic mass is 19.1. The molecule has 3 aromatic rings. The Morgan fingerprint density at radius 2 is 1.75 bits per heavy atom. The van der Waals surface area contributed by atoms with Crippen molar-refractivity contribution in [1.29, 1.82) is 0 Å². The van der Waals surface area contributed by atoms with Crippen LogP contribution >= 0.6 is 0 Å². The lowest BCUT2D eigenvalue weighted by atomic mass is 10.1. The highest BCUT2D eigenvalue weighted by Crippen LogP contribution is 2.10. The number of hydrogen-bond donors (Lipinski definition) is 1. The monoisotopic (exact) mass is 322 g/mol. The Bertz CT molecular complexity index is 853. The van der Waals surface area contributed by atoms with Crippen molar-refractivity contribution in [2.45, 2.75) is 6.92 Å². The minimum absolute atomic E-state index is 0.350. The molecule has 0 unspecified atom stereocenters. The standard InChI is InChI=1S/C18H15FN4O/c1-13(21-22-18(24)15-2-6-16(19)7-3-15)14-4-8-17(9-5-14)23-11-10-20-12-23/h2-12H,1H3,(H,22,24). The summed E-state index contributed by atoms with van der Waals surface area (Å²) in [6.45, 7) is 1.80. The van der Waals surface area contributed by atoms with E-state index in [0.717, 1.165) is 11.3 Å². The molecule has 0 aliphatic carbocycles. The van der Waals surface area contributed by atoms with Crippen LogP contribution in [0.15, 0.2) is 72.4 Å². The van der Waals surface area contributed by atoms with Crippen molar-refractivity contribution in [1.82, 2.24) is 15.0 Å². The third kappa shape index (κ3) is 3.55. The third-order valence-electron chi connectivity index (χ3n) is 3.52. The molecule has 0 radical (unpaired) electrons. The highest BCUT2D eigenvalue weighted by molar-refractivity contribution is 6.00. The molecule has 1 heterocycles. The molecule has 0 atom stereocenters. The van der Waals surface area contributed by atoms with Crippen LogP contribution in [0.1, 0.15) is 22.8 Å². The Labute approximate surface area is 138 Å². The summed E-state index contributed by atoms with van der Waals surface area (Å²) in [6.07, 6.45) is 5.29. The van der Waals surface area contributed by atoms with Crippen LogP contribution in [0.4, 0.5) is 4.39 Å². The predicted octanol–water partition coefficient (Wildman–Crippen LogP) is 3.17. The Kier molecular flexibility index (Phi) is 4.47. The van der Waals surface area contributed by atoms with Gasteiger partial charge in [0.1, 0.15) is 5.82 Å². The van der Waals surface area contributed by atoms with Gasteiger partial charge in [-0.3, -0.25) is 4.79 Å². The minimum Gasteiger partial charge on any atom is -0.306 e. The number of rotatable bonds is 4. The molecule has 0 aliphatic rings. The van der Waals surface area contributed by atoms with Gasteiger partial charge in [0.15, 0.2) is 0 Å². The molecule has 0 bridgehead atoms. The number of carbonyl (C=O) groups is 1. The van der Waals surface area contributed by atoms with Crippen LogP contribution < -0.4 is 5.43 Å². The molecule has 24 heavy (non-hydrogen) atoms. The van der Waals surface area contributed by atoms with Crippen molar-refractivity contribution in [2.24, 2.45) is 5.10 Å². The van der Waals surface area contributed by atoms with Crippen LogP contribution in [-0.2, 0) is 0 Å². The maximum absolute atomic E-state index is 12.9. The molecule has 0 saturated heterocycles. The van der Waals surface area contributed by atoms with E-state index < -0.39 is 0 Å². The van der Waals surface area contributed by atoms with Gasteiger partial charge in [-0.2, -0.15) is 5.10 Å². The summed E-state index contributed by atoms with van der Waals surface area (Å²) in [7, 11) is 0. The van der Waals surface area contributed by atoms with Gasteiger partial charge < -0.3 is 4.57 Å². The third-order valence-corrected chi connectivity index (χ3v) is 3.52. The Hall–Kier alpha value is -3.28. The molecule has 1 aromatic heterocycles. The zero-order valence-corrected chi connectivity index (χ0v) is 13.0. The van der Waals surface area contributed by atoms with E-state index in [1.54, 1.807) is 19.4 Å². The van der Waals surface area contributed by atoms with Gasteiger partial charge in [0.25, 0.3) is 5.91 Å². The maximum atomic E-state index is 12.9. The first-order valence-electron chi connectivity index (χ1n) is 7.32. The van der Waals surface area contributed by atoms with Gasteiger partial charge in [-0.25, -0.2) is 14.8 Å². The lowest BCUT2D eigenvalue weighted by Crippen LogP contribution is -2.19. The average Bonchev–Trinajstić information content (AvgIpc) is 3.15. The Morgan fingerprint density at radius 1 is 1.08 bits per heavy atom. The fourth-order valence-corrected chi connectivity index (χ4v) is 2.15. The first-order chi connectivity index (χ1) is 11.6. The summed E-state index contributed by atoms with van der Waals surface area (Å²) >= 11 is 0. The van der Waals surface area contributed by atoms with Crippen molar-refractivity contribution in [2.75, 3.05) is 0 Å². The summed E-state index contributed by atoms with van der Waals surface area (Å²) in [5.41, 5.74) is 5.36. The van der Waals surface area contributed by atoms with Gasteiger partial charge in [0, 0.05) is 23.6 Å². The fraction of sp³-hybridized carbons (Fsp3) is 0.0556. The van der Waals surface area contributed by atoms with Gasteiger partial charge in [-0.15, -0.1) is 0 Å². The van der Waals surface area contributed by atoms with E-state index in [0.29, 0.717) is 11.3 Å². The number of nitrogens with one attached hydrogen (secondary N) is 1. The number of aromatic nitrogens is 2. The van der Waals surface area contributed by atoms with Gasteiger partial charge in [0.2, 0.25) is 0 Å². The van der Waals surface area contributed by atoms with Crippen molar-refractivity contribution in [3.63, 3.8) is 0 Å². The summed E-state index contributed by atoms with van der Waals surface area (Å²) in [5, 5.41) is 4.09. The van der Waals surface area contributed by atoms with Crippen molar-refractivity contribution in [3.05, 3.63) is 84.2 Å². The van der Waals surface area contributed by atoms with Gasteiger partial charge in [-0.1, -0.05) is 12.1 Å². The van der Waals surface area contributed by atoms with Crippen molar-refractivity contribution in [3.8, 4) is 5.69 Å². The Balaban J connectivity index is 1.69. The van der Waals surface area contributed by atoms with E-state index in [4.69, 9.17) is 0 Å². The van der Waals surface area contributed by atoms with Crippen molar-refractivity contribution < 1.29 is 9.18 Å². The maximum Gasteiger partial charge on any atom is 0.271 e. The first-order valence-corrected chi connectivity index (χ1v) is 7.32. The quantitative estimate of drug-likeness (QED) is 0.592. The second-order valence-electron chi connectivity index (χ2n) is 5.16. The summed E-state index contributed by atoms with van der Waals surface area (Å²) in [5.74, 6) is -0.770. The highest BCUT2D eigenvalue weighted by Gasteiger charge is 2.05. The van der Waals surface area contributed by atoms with Crippen LogP contribution in [0.3, 0.4) is 0 Å². The second-order valence-corrected chi connectivity index (χ2v) is 5.16. The summed E-state index contributed by atoms with van der Waals surface area (Å²) in [6, 6.07) is 13.0. The van der Waals surface area contributed by atoms with Crippen LogP contribution in [0, 0.1) is 5.82 Å². The molecule has 6 heteroatoms. The molecule has 0 spiro atoms. The Morgan fingerprint density at radius 3 is 2.38 bits per heavy atom. The molecule has 120 valence electrons. The molecule has 1 amide bonds. The predicted molar refractivity (Wildman–Crippen MR) is 89.6 cm³/mol. The van der Waals surface area contributed by atoms with E-state index in [-0.39, 0.29) is 11.7 Å². The zero-order valence-electron chi connectivity index (χ0n) is 13.0. The van der Waals surface area contributed by atoms with Crippen LogP contribution in [0.2, 0.25) is 0 Å². The number of hydrazone groups is 1. The topological polar surface area (TPSA) is 59.3 Å². The first kappa shape index (κ1) is 15.6. The summed E-state index contributed by atoms with van der Waals surface area (Å²) < 4.78 is 14.8. The molecule has 0 saturated carbocycles. The molecule has 0 fully saturated rings. The van der Waals surface area contributed by atoms with E-state index in [1.165, 1.54) is 24.3 Å². The number of amides is 1. The normalized spacial score (nSPS) is 11.3. The van der Waals surface area contributed by atoms with E-state index in [1.807, 2.05) is 35.0 Å². The minimum atomic E-state index is -0.385. The molecule has 5 nitrogen and oxygen atoms in total. The number of imidazole rings is 1. The molecule has 2 aromatic carbocycles. The van der Waals surface area contributed by atoms with Crippen LogP contribution in [0.25, 0.3) is 5.69 Å². The molecule has 1 N–H and O–H groups in total. The van der Waals surface area contributed by atoms with E-state index >= 15 is 0 Å². The number of benzene rings is 2. The molecule has 3 rings (SSSR count). The lowest BCUT2D eigenvalue weighted by molar-refractivity contribution is 0.0955. The number of hydrogen-bond acceptors (Lipinski definition) is 3. The van der Waals surface area contributed by atoms with Gasteiger partial charge in [0.05, 0.1) is 12.0 Å². The molecular formula is C18H15FN4O. The summed E-state index contributed by atoms with van der Waals surface area (Å²) in [4.78, 5) is 16.0. The largest absolute Gasteiger partial charge is 0.306 e. The van der Waals surface area contributed by atoms with Crippen LogP contribution in [-0.4, -0.2) is 21.2 Å². The van der Waals surface area contributed by atoms with Gasteiger partial charge in [-0.05, 0) is 48.9 Å². The number of carbonyl (C=O) groups excluding carboxylic acids is 1. The zero-order chi connectivity index (χ0) is 16.9. The number of halogens is 1. The average molecular weight is 322 g/mol. The molecule has 0 aliphatic heterocycles. The van der Waals surface area contributed by atoms with E-state index in [9.17, 15) is 9.18 Å². The van der Waals surface area contributed by atoms with E-state index in [2.05, 4.69) is 15.5 Å². The van der Waals surface area contributed by atoms with Gasteiger partial charge >= 0.3 is 0 Å². The van der Waals surface area contributed by atoms with Crippen LogP contribution in [0.5, 0.6) is 0 Å². The fourth-order valence-electron chi connectivity index (χ4n) is 2.15. The molecular weight excluding hydrogens is 307 g/mol. The van der Waals surface area contributed by atoms with Crippen molar-refractivity contribution >= 4 is 11.6 Å². The number of nitrogens with zero attached hydrogens (tertiary/aromatic N) is 3. The lowest BCUT2D eigenvalue weighted by Gasteiger charge is -2.05.